The lowest BCUT2D eigenvalue weighted by atomic mass is 9.40. The molecule has 2 bridgehead atoms. The molecular formula is C20H30O3. The summed E-state index contributed by atoms with van der Waals surface area (Å²) in [6, 6.07) is 0. The molecule has 0 heterocycles. The summed E-state index contributed by atoms with van der Waals surface area (Å²) in [5.74, 6) is 0.704. The van der Waals surface area contributed by atoms with Crippen LogP contribution in [0.3, 0.4) is 0 Å². The Morgan fingerprint density at radius 2 is 1.74 bits per heavy atom. The third-order valence-corrected chi connectivity index (χ3v) is 8.84. The molecule has 0 aliphatic heterocycles. The Balaban J connectivity index is 1.76. The van der Waals surface area contributed by atoms with E-state index in [1.165, 1.54) is 0 Å². The van der Waals surface area contributed by atoms with E-state index in [1.807, 2.05) is 6.92 Å². The normalized spacial score (nSPS) is 55.2. The van der Waals surface area contributed by atoms with E-state index in [1.54, 1.807) is 0 Å². The fourth-order valence-electron chi connectivity index (χ4n) is 7.76. The van der Waals surface area contributed by atoms with Crippen LogP contribution in [-0.2, 0) is 9.59 Å². The van der Waals surface area contributed by atoms with Crippen LogP contribution in [0.15, 0.2) is 0 Å². The number of carboxylic acids is 1. The van der Waals surface area contributed by atoms with E-state index in [4.69, 9.17) is 0 Å². The highest BCUT2D eigenvalue weighted by atomic mass is 16.4. The third-order valence-electron chi connectivity index (χ3n) is 8.84. The molecule has 4 aliphatic carbocycles. The highest BCUT2D eigenvalue weighted by molar-refractivity contribution is 5.88. The van der Waals surface area contributed by atoms with Crippen LogP contribution in [0.2, 0.25) is 0 Å². The van der Waals surface area contributed by atoms with E-state index >= 15 is 0 Å². The number of rotatable bonds is 1. The van der Waals surface area contributed by atoms with Crippen molar-refractivity contribution >= 4 is 11.8 Å². The zero-order valence-corrected chi connectivity index (χ0v) is 14.8. The van der Waals surface area contributed by atoms with Crippen LogP contribution >= 0.6 is 0 Å². The van der Waals surface area contributed by atoms with Crippen molar-refractivity contribution in [2.24, 2.45) is 33.5 Å². The van der Waals surface area contributed by atoms with Crippen molar-refractivity contribution in [3.63, 3.8) is 0 Å². The number of ketones is 1. The van der Waals surface area contributed by atoms with Crippen LogP contribution in [0.4, 0.5) is 0 Å². The number of aliphatic carboxylic acids is 1. The fraction of sp³-hybridized carbons (Fsp3) is 0.900. The van der Waals surface area contributed by atoms with Crippen molar-refractivity contribution in [1.29, 1.82) is 0 Å². The molecule has 4 fully saturated rings. The maximum absolute atomic E-state index is 12.6. The van der Waals surface area contributed by atoms with Gasteiger partial charge in [-0.15, -0.1) is 0 Å². The number of carboxylic acid groups (broad SMARTS) is 1. The van der Waals surface area contributed by atoms with Crippen molar-refractivity contribution < 1.29 is 14.7 Å². The molecular weight excluding hydrogens is 288 g/mol. The van der Waals surface area contributed by atoms with Gasteiger partial charge in [-0.3, -0.25) is 9.59 Å². The van der Waals surface area contributed by atoms with Crippen molar-refractivity contribution in [2.75, 3.05) is 0 Å². The second kappa shape index (κ2) is 4.40. The lowest BCUT2D eigenvalue weighted by molar-refractivity contribution is -0.182. The van der Waals surface area contributed by atoms with Gasteiger partial charge in [0.15, 0.2) is 0 Å². The summed E-state index contributed by atoms with van der Waals surface area (Å²) in [5, 5.41) is 9.91. The largest absolute Gasteiger partial charge is 0.481 e. The number of hydrogen-bond donors (Lipinski definition) is 1. The second-order valence-electron chi connectivity index (χ2n) is 9.96. The Kier molecular flexibility index (Phi) is 3.00. The van der Waals surface area contributed by atoms with E-state index in [-0.39, 0.29) is 22.2 Å². The smallest absolute Gasteiger partial charge is 0.309 e. The minimum Gasteiger partial charge on any atom is -0.481 e. The number of fused-ring (bicyclic) bond motifs is 3. The minimum absolute atomic E-state index is 0.0789. The Labute approximate surface area is 139 Å². The van der Waals surface area contributed by atoms with E-state index in [9.17, 15) is 14.7 Å². The first-order chi connectivity index (χ1) is 10.7. The minimum atomic E-state index is -0.604. The van der Waals surface area contributed by atoms with E-state index < -0.39 is 11.4 Å². The van der Waals surface area contributed by atoms with Gasteiger partial charge < -0.3 is 5.11 Å². The lowest BCUT2D eigenvalue weighted by Gasteiger charge is -2.63. The Bertz CT molecular complexity index is 583. The van der Waals surface area contributed by atoms with E-state index in [0.717, 1.165) is 57.8 Å². The first-order valence-corrected chi connectivity index (χ1v) is 9.43. The van der Waals surface area contributed by atoms with Gasteiger partial charge in [0.25, 0.3) is 0 Å². The van der Waals surface area contributed by atoms with Gasteiger partial charge in [0.2, 0.25) is 0 Å². The van der Waals surface area contributed by atoms with E-state index in [2.05, 4.69) is 13.8 Å². The average Bonchev–Trinajstić information content (AvgIpc) is 2.63. The second-order valence-corrected chi connectivity index (χ2v) is 9.96. The number of carbonyl (C=O) groups is 2. The summed E-state index contributed by atoms with van der Waals surface area (Å²) in [7, 11) is 0. The standard InChI is InChI=1S/C20H30O3/c1-17-9-5-14-18(2)7-4-8-19(3,16(22)23)13(18)6-10-20(14,12-17)11-15(17)21/h13-14H,4-12H2,1-3H3,(H,22,23)/t13-,14-,17+,18-,19-,20+/m1/s1. The van der Waals surface area contributed by atoms with Crippen molar-refractivity contribution in [3.05, 3.63) is 0 Å². The molecule has 128 valence electrons. The number of hydrogen-bond acceptors (Lipinski definition) is 2. The SMILES string of the molecule is C[C@@]12CC[C@H]3[C@@](CC[C@@H]4[C@@]3(C)CCC[C@@]4(C)C(=O)O)(CC1=O)C2. The summed E-state index contributed by atoms with van der Waals surface area (Å²) in [5.41, 5.74) is -0.357. The van der Waals surface area contributed by atoms with Crippen molar-refractivity contribution in [2.45, 2.75) is 78.6 Å². The summed E-state index contributed by atoms with van der Waals surface area (Å²) in [6.45, 7) is 6.54. The van der Waals surface area contributed by atoms with Crippen LogP contribution < -0.4 is 0 Å². The molecule has 4 aliphatic rings. The van der Waals surface area contributed by atoms with E-state index in [0.29, 0.717) is 11.7 Å². The van der Waals surface area contributed by atoms with Gasteiger partial charge >= 0.3 is 5.97 Å². The average molecular weight is 318 g/mol. The van der Waals surface area contributed by atoms with Gasteiger partial charge in [-0.25, -0.2) is 0 Å². The maximum atomic E-state index is 12.6. The summed E-state index contributed by atoms with van der Waals surface area (Å²) in [6.07, 6.45) is 9.04. The Morgan fingerprint density at radius 1 is 1.04 bits per heavy atom. The number of Topliss-reactive ketones (excluding diaryl/α,β-unsaturated/α-hetero) is 1. The molecule has 3 heteroatoms. The van der Waals surface area contributed by atoms with Gasteiger partial charge in [-0.1, -0.05) is 20.3 Å². The van der Waals surface area contributed by atoms with Crippen LogP contribution in [0, 0.1) is 33.5 Å². The molecule has 3 nitrogen and oxygen atoms in total. The first-order valence-electron chi connectivity index (χ1n) is 9.43. The predicted octanol–water partition coefficient (Wildman–Crippen LogP) is 4.44. The Morgan fingerprint density at radius 3 is 2.43 bits per heavy atom. The summed E-state index contributed by atoms with van der Waals surface area (Å²) >= 11 is 0. The van der Waals surface area contributed by atoms with Crippen LogP contribution in [0.5, 0.6) is 0 Å². The molecule has 1 N–H and O–H groups in total. The Hall–Kier alpha value is -0.860. The van der Waals surface area contributed by atoms with Gasteiger partial charge in [-0.05, 0) is 74.5 Å². The van der Waals surface area contributed by atoms with Gasteiger partial charge in [0.1, 0.15) is 5.78 Å². The van der Waals surface area contributed by atoms with Gasteiger partial charge in [-0.2, -0.15) is 0 Å². The molecule has 0 aromatic carbocycles. The lowest BCUT2D eigenvalue weighted by Crippen LogP contribution is -2.58. The maximum Gasteiger partial charge on any atom is 0.309 e. The van der Waals surface area contributed by atoms with Crippen molar-refractivity contribution in [3.8, 4) is 0 Å². The predicted molar refractivity (Wildman–Crippen MR) is 87.9 cm³/mol. The topological polar surface area (TPSA) is 54.4 Å². The van der Waals surface area contributed by atoms with Crippen LogP contribution in [-0.4, -0.2) is 16.9 Å². The molecule has 23 heavy (non-hydrogen) atoms. The summed E-state index contributed by atoms with van der Waals surface area (Å²) in [4.78, 5) is 24.7. The van der Waals surface area contributed by atoms with Gasteiger partial charge in [0, 0.05) is 11.8 Å². The van der Waals surface area contributed by atoms with Crippen molar-refractivity contribution in [1.82, 2.24) is 0 Å². The van der Waals surface area contributed by atoms with Gasteiger partial charge in [0.05, 0.1) is 5.41 Å². The first kappa shape index (κ1) is 15.7. The molecule has 1 spiro atoms. The summed E-state index contributed by atoms with van der Waals surface area (Å²) < 4.78 is 0. The highest BCUT2D eigenvalue weighted by Crippen LogP contribution is 2.72. The molecule has 4 rings (SSSR count). The molecule has 0 saturated heterocycles. The highest BCUT2D eigenvalue weighted by Gasteiger charge is 2.68. The monoisotopic (exact) mass is 318 g/mol. The molecule has 0 aromatic rings. The molecule has 6 atom stereocenters. The van der Waals surface area contributed by atoms with Crippen LogP contribution in [0.25, 0.3) is 0 Å². The molecule has 0 radical (unpaired) electrons. The zero-order valence-electron chi connectivity index (χ0n) is 14.8. The fourth-order valence-corrected chi connectivity index (χ4v) is 7.76. The molecule has 0 unspecified atom stereocenters. The zero-order chi connectivity index (χ0) is 16.7. The number of carbonyl (C=O) groups excluding carboxylic acids is 1. The van der Waals surface area contributed by atoms with Crippen LogP contribution in [0.1, 0.15) is 78.6 Å². The molecule has 0 amide bonds. The third kappa shape index (κ3) is 1.77. The quantitative estimate of drug-likeness (QED) is 0.777. The molecule has 4 saturated carbocycles. The molecule has 0 aromatic heterocycles.